The van der Waals surface area contributed by atoms with Gasteiger partial charge < -0.3 is 15.4 Å². The maximum atomic E-state index is 12.3. The Morgan fingerprint density at radius 3 is 2.52 bits per heavy atom. The summed E-state index contributed by atoms with van der Waals surface area (Å²) in [6.07, 6.45) is 1.97. The molecule has 0 radical (unpaired) electrons. The van der Waals surface area contributed by atoms with Crippen LogP contribution < -0.4 is 15.4 Å². The Hall–Kier alpha value is -2.28. The summed E-state index contributed by atoms with van der Waals surface area (Å²) in [7, 11) is 0. The Morgan fingerprint density at radius 1 is 1.17 bits per heavy atom. The molecule has 2 N–H and O–H groups in total. The van der Waals surface area contributed by atoms with Crippen LogP contribution in [0, 0.1) is 0 Å². The number of hydrogen-bond acceptors (Lipinski definition) is 3. The van der Waals surface area contributed by atoms with Crippen LogP contribution in [0.15, 0.2) is 53.4 Å². The highest BCUT2D eigenvalue weighted by molar-refractivity contribution is 7.98. The van der Waals surface area contributed by atoms with E-state index in [0.29, 0.717) is 11.3 Å². The topological polar surface area (TPSA) is 50.4 Å². The van der Waals surface area contributed by atoms with Crippen molar-refractivity contribution in [3.63, 3.8) is 0 Å². The van der Waals surface area contributed by atoms with E-state index in [-0.39, 0.29) is 12.3 Å². The number of anilines is 1. The number of alkyl halides is 2. The van der Waals surface area contributed by atoms with Crippen LogP contribution in [-0.2, 0) is 6.54 Å². The Balaban J connectivity index is 1.91. The van der Waals surface area contributed by atoms with E-state index in [0.717, 1.165) is 4.90 Å². The third kappa shape index (κ3) is 5.45. The molecule has 2 aromatic carbocycles. The van der Waals surface area contributed by atoms with Gasteiger partial charge in [0.2, 0.25) is 0 Å². The van der Waals surface area contributed by atoms with E-state index in [1.54, 1.807) is 42.1 Å². The first-order valence-electron chi connectivity index (χ1n) is 6.80. The minimum atomic E-state index is -2.90. The summed E-state index contributed by atoms with van der Waals surface area (Å²) in [5.41, 5.74) is 1.12. The molecule has 0 spiro atoms. The monoisotopic (exact) mass is 338 g/mol. The van der Waals surface area contributed by atoms with Gasteiger partial charge in [0, 0.05) is 22.7 Å². The van der Waals surface area contributed by atoms with E-state index < -0.39 is 12.6 Å². The molecular formula is C16H16F2N2O2S. The molecule has 0 aliphatic carbocycles. The highest BCUT2D eigenvalue weighted by Gasteiger charge is 2.10. The van der Waals surface area contributed by atoms with Crippen LogP contribution in [0.2, 0.25) is 0 Å². The SMILES string of the molecule is CSc1ccc(NC(=O)NCc2ccccc2OC(F)F)cc1. The Bertz CT molecular complexity index is 651. The molecule has 0 unspecified atom stereocenters. The number of thioether (sulfide) groups is 1. The first-order valence-corrected chi connectivity index (χ1v) is 8.02. The minimum Gasteiger partial charge on any atom is -0.434 e. The summed E-state index contributed by atoms with van der Waals surface area (Å²) in [6.45, 7) is -2.82. The van der Waals surface area contributed by atoms with Gasteiger partial charge in [0.05, 0.1) is 0 Å². The van der Waals surface area contributed by atoms with Gasteiger partial charge in [0.25, 0.3) is 0 Å². The first kappa shape index (κ1) is 17.1. The van der Waals surface area contributed by atoms with Gasteiger partial charge in [-0.15, -0.1) is 11.8 Å². The van der Waals surface area contributed by atoms with Gasteiger partial charge in [0.15, 0.2) is 0 Å². The highest BCUT2D eigenvalue weighted by atomic mass is 32.2. The molecule has 0 atom stereocenters. The van der Waals surface area contributed by atoms with E-state index in [2.05, 4.69) is 15.4 Å². The molecular weight excluding hydrogens is 322 g/mol. The molecule has 7 heteroatoms. The van der Waals surface area contributed by atoms with Crippen LogP contribution in [-0.4, -0.2) is 18.9 Å². The number of amides is 2. The van der Waals surface area contributed by atoms with Crippen molar-refractivity contribution in [1.82, 2.24) is 5.32 Å². The zero-order valence-corrected chi connectivity index (χ0v) is 13.2. The summed E-state index contributed by atoms with van der Waals surface area (Å²) in [6, 6.07) is 13.3. The summed E-state index contributed by atoms with van der Waals surface area (Å²) >= 11 is 1.61. The molecule has 2 rings (SSSR count). The van der Waals surface area contributed by atoms with Crippen LogP contribution in [0.25, 0.3) is 0 Å². The molecule has 0 bridgehead atoms. The second-order valence-corrected chi connectivity index (χ2v) is 5.40. The number of rotatable bonds is 6. The fourth-order valence-electron chi connectivity index (χ4n) is 1.89. The molecule has 0 saturated carbocycles. The third-order valence-electron chi connectivity index (χ3n) is 2.98. The van der Waals surface area contributed by atoms with Crippen molar-refractivity contribution in [1.29, 1.82) is 0 Å². The maximum absolute atomic E-state index is 12.3. The molecule has 23 heavy (non-hydrogen) atoms. The molecule has 4 nitrogen and oxygen atoms in total. The van der Waals surface area contributed by atoms with Gasteiger partial charge in [-0.2, -0.15) is 8.78 Å². The van der Waals surface area contributed by atoms with Crippen LogP contribution >= 0.6 is 11.8 Å². The lowest BCUT2D eigenvalue weighted by Gasteiger charge is -2.12. The van der Waals surface area contributed by atoms with Crippen LogP contribution in [0.4, 0.5) is 19.3 Å². The number of ether oxygens (including phenoxy) is 1. The minimum absolute atomic E-state index is 0.0483. The van der Waals surface area contributed by atoms with Crippen molar-refractivity contribution >= 4 is 23.5 Å². The number of carbonyl (C=O) groups excluding carboxylic acids is 1. The summed E-state index contributed by atoms with van der Waals surface area (Å²) in [4.78, 5) is 12.9. The van der Waals surface area contributed by atoms with Crippen molar-refractivity contribution in [3.8, 4) is 5.75 Å². The average molecular weight is 338 g/mol. The van der Waals surface area contributed by atoms with E-state index in [9.17, 15) is 13.6 Å². The number of nitrogens with one attached hydrogen (secondary N) is 2. The second-order valence-electron chi connectivity index (χ2n) is 4.52. The van der Waals surface area contributed by atoms with Gasteiger partial charge in [-0.05, 0) is 36.6 Å². The van der Waals surface area contributed by atoms with Crippen molar-refractivity contribution in [2.75, 3.05) is 11.6 Å². The summed E-state index contributed by atoms with van der Waals surface area (Å²) in [5.74, 6) is 0.0483. The van der Waals surface area contributed by atoms with Gasteiger partial charge >= 0.3 is 12.6 Å². The average Bonchev–Trinajstić information content (AvgIpc) is 2.54. The number of hydrogen-bond donors (Lipinski definition) is 2. The number of urea groups is 1. The normalized spacial score (nSPS) is 10.4. The van der Waals surface area contributed by atoms with Gasteiger partial charge in [-0.3, -0.25) is 0 Å². The smallest absolute Gasteiger partial charge is 0.387 e. The number of benzene rings is 2. The second kappa shape index (κ2) is 8.38. The van der Waals surface area contributed by atoms with Crippen LogP contribution in [0.5, 0.6) is 5.75 Å². The van der Waals surface area contributed by atoms with Crippen LogP contribution in [0.3, 0.4) is 0 Å². The Morgan fingerprint density at radius 2 is 1.87 bits per heavy atom. The summed E-state index contributed by atoms with van der Waals surface area (Å²) < 4.78 is 29.1. The predicted molar refractivity (Wildman–Crippen MR) is 87.2 cm³/mol. The molecule has 122 valence electrons. The lowest BCUT2D eigenvalue weighted by atomic mass is 10.2. The third-order valence-corrected chi connectivity index (χ3v) is 3.72. The molecule has 0 saturated heterocycles. The summed E-state index contributed by atoms with van der Waals surface area (Å²) in [5, 5.41) is 5.28. The van der Waals surface area contributed by atoms with Gasteiger partial charge in [-0.25, -0.2) is 4.79 Å². The van der Waals surface area contributed by atoms with E-state index in [4.69, 9.17) is 0 Å². The molecule has 2 amide bonds. The lowest BCUT2D eigenvalue weighted by Crippen LogP contribution is -2.28. The number of halogens is 2. The van der Waals surface area contributed by atoms with Crippen LogP contribution in [0.1, 0.15) is 5.56 Å². The quantitative estimate of drug-likeness (QED) is 0.771. The Kier molecular flexibility index (Phi) is 6.22. The standard InChI is InChI=1S/C16H16F2N2O2S/c1-23-13-8-6-12(7-9-13)20-16(21)19-10-11-4-2-3-5-14(11)22-15(17)18/h2-9,15H,10H2,1H3,(H2,19,20,21). The zero-order chi connectivity index (χ0) is 16.7. The molecule has 0 aromatic heterocycles. The number of para-hydroxylation sites is 1. The van der Waals surface area contributed by atoms with Crippen molar-refractivity contribution in [2.45, 2.75) is 18.1 Å². The lowest BCUT2D eigenvalue weighted by molar-refractivity contribution is -0.0504. The van der Waals surface area contributed by atoms with E-state index >= 15 is 0 Å². The van der Waals surface area contributed by atoms with Crippen molar-refractivity contribution in [3.05, 3.63) is 54.1 Å². The van der Waals surface area contributed by atoms with Crippen molar-refractivity contribution < 1.29 is 18.3 Å². The fraction of sp³-hybridized carbons (Fsp3) is 0.188. The maximum Gasteiger partial charge on any atom is 0.387 e. The molecule has 0 aliphatic rings. The van der Waals surface area contributed by atoms with Gasteiger partial charge in [-0.1, -0.05) is 18.2 Å². The fourth-order valence-corrected chi connectivity index (χ4v) is 2.29. The highest BCUT2D eigenvalue weighted by Crippen LogP contribution is 2.20. The largest absolute Gasteiger partial charge is 0.434 e. The van der Waals surface area contributed by atoms with Gasteiger partial charge in [0.1, 0.15) is 5.75 Å². The first-order chi connectivity index (χ1) is 11.1. The zero-order valence-electron chi connectivity index (χ0n) is 12.4. The van der Waals surface area contributed by atoms with Crippen molar-refractivity contribution in [2.24, 2.45) is 0 Å². The molecule has 0 heterocycles. The van der Waals surface area contributed by atoms with E-state index in [1.165, 1.54) is 6.07 Å². The predicted octanol–water partition coefficient (Wildman–Crippen LogP) is 4.33. The number of carbonyl (C=O) groups is 1. The molecule has 0 fully saturated rings. The molecule has 2 aromatic rings. The molecule has 0 aliphatic heterocycles. The van der Waals surface area contributed by atoms with E-state index in [1.807, 2.05) is 18.4 Å². The Labute approximate surface area is 137 Å².